The Hall–Kier alpha value is -1.62. The van der Waals surface area contributed by atoms with Crippen molar-refractivity contribution in [2.45, 2.75) is 11.8 Å². The average Bonchev–Trinajstić information content (AvgIpc) is 2.84. The number of aromatic nitrogens is 3. The van der Waals surface area contributed by atoms with E-state index in [2.05, 4.69) is 15.0 Å². The van der Waals surface area contributed by atoms with E-state index in [0.29, 0.717) is 18.8 Å². The number of rotatable bonds is 1. The van der Waals surface area contributed by atoms with Gasteiger partial charge in [0.15, 0.2) is 0 Å². The fourth-order valence-corrected chi connectivity index (χ4v) is 2.21. The topological polar surface area (TPSA) is 61.9 Å². The van der Waals surface area contributed by atoms with Crippen LogP contribution in [0.5, 0.6) is 0 Å². The summed E-state index contributed by atoms with van der Waals surface area (Å²) in [4.78, 5) is 24.6. The SMILES string of the molecule is O=C1CC(Cl)CN1c1ncnc2[nH]ccc12. The first-order chi connectivity index (χ1) is 7.75. The number of carbonyl (C=O) groups is 1. The molecule has 82 valence electrons. The number of hydrogen-bond acceptors (Lipinski definition) is 3. The van der Waals surface area contributed by atoms with Crippen LogP contribution < -0.4 is 4.90 Å². The van der Waals surface area contributed by atoms with Crippen LogP contribution in [0.25, 0.3) is 11.0 Å². The van der Waals surface area contributed by atoms with Gasteiger partial charge in [-0.15, -0.1) is 11.6 Å². The Labute approximate surface area is 96.4 Å². The van der Waals surface area contributed by atoms with E-state index in [9.17, 15) is 4.79 Å². The van der Waals surface area contributed by atoms with E-state index in [-0.39, 0.29) is 11.3 Å². The van der Waals surface area contributed by atoms with Gasteiger partial charge in [-0.05, 0) is 6.07 Å². The summed E-state index contributed by atoms with van der Waals surface area (Å²) in [7, 11) is 0. The van der Waals surface area contributed by atoms with E-state index < -0.39 is 0 Å². The van der Waals surface area contributed by atoms with Crippen LogP contribution in [0.4, 0.5) is 5.82 Å². The molecule has 0 spiro atoms. The summed E-state index contributed by atoms with van der Waals surface area (Å²) in [5.41, 5.74) is 0.732. The highest BCUT2D eigenvalue weighted by atomic mass is 35.5. The number of hydrogen-bond donors (Lipinski definition) is 1. The minimum absolute atomic E-state index is 0.0150. The molecular weight excluding hydrogens is 228 g/mol. The second-order valence-corrected chi connectivity index (χ2v) is 4.36. The van der Waals surface area contributed by atoms with Crippen molar-refractivity contribution in [3.8, 4) is 0 Å². The first kappa shape index (κ1) is 9.59. The lowest BCUT2D eigenvalue weighted by Crippen LogP contribution is -2.25. The predicted molar refractivity (Wildman–Crippen MR) is 60.5 cm³/mol. The standard InChI is InChI=1S/C10H9ClN4O/c11-6-3-8(16)15(4-6)10-7-1-2-12-9(7)13-5-14-10/h1-2,5-6H,3-4H2,(H,12,13,14). The van der Waals surface area contributed by atoms with Crippen molar-refractivity contribution < 1.29 is 4.79 Å². The molecule has 1 aliphatic heterocycles. The molecule has 1 saturated heterocycles. The number of nitrogens with zero attached hydrogens (tertiary/aromatic N) is 3. The van der Waals surface area contributed by atoms with Gasteiger partial charge in [0.1, 0.15) is 17.8 Å². The number of anilines is 1. The monoisotopic (exact) mass is 236 g/mol. The van der Waals surface area contributed by atoms with Gasteiger partial charge in [-0.25, -0.2) is 9.97 Å². The molecule has 1 amide bonds. The van der Waals surface area contributed by atoms with Gasteiger partial charge in [0.25, 0.3) is 0 Å². The molecule has 2 aromatic rings. The molecule has 0 saturated carbocycles. The van der Waals surface area contributed by atoms with Crippen molar-refractivity contribution in [1.29, 1.82) is 0 Å². The molecular formula is C10H9ClN4O. The maximum Gasteiger partial charge on any atom is 0.229 e. The molecule has 0 bridgehead atoms. The fraction of sp³-hybridized carbons (Fsp3) is 0.300. The zero-order valence-electron chi connectivity index (χ0n) is 8.35. The minimum Gasteiger partial charge on any atom is -0.346 e. The Balaban J connectivity index is 2.12. The fourth-order valence-electron chi connectivity index (χ4n) is 1.94. The van der Waals surface area contributed by atoms with Crippen LogP contribution in [0, 0.1) is 0 Å². The molecule has 1 N–H and O–H groups in total. The van der Waals surface area contributed by atoms with Crippen LogP contribution >= 0.6 is 11.6 Å². The van der Waals surface area contributed by atoms with Crippen LogP contribution in [0.1, 0.15) is 6.42 Å². The van der Waals surface area contributed by atoms with Gasteiger partial charge < -0.3 is 4.98 Å². The highest BCUT2D eigenvalue weighted by Gasteiger charge is 2.31. The third-order valence-corrected chi connectivity index (χ3v) is 2.96. The number of nitrogens with one attached hydrogen (secondary N) is 1. The highest BCUT2D eigenvalue weighted by Crippen LogP contribution is 2.27. The molecule has 0 radical (unpaired) electrons. The molecule has 0 aromatic carbocycles. The molecule has 3 rings (SSSR count). The van der Waals surface area contributed by atoms with Crippen molar-refractivity contribution in [2.75, 3.05) is 11.4 Å². The summed E-state index contributed by atoms with van der Waals surface area (Å²) in [6.45, 7) is 0.512. The van der Waals surface area contributed by atoms with Gasteiger partial charge in [0.05, 0.1) is 10.8 Å². The Morgan fingerprint density at radius 1 is 1.50 bits per heavy atom. The van der Waals surface area contributed by atoms with Crippen molar-refractivity contribution in [2.24, 2.45) is 0 Å². The lowest BCUT2D eigenvalue weighted by Gasteiger charge is -2.14. The Morgan fingerprint density at radius 2 is 2.38 bits per heavy atom. The van der Waals surface area contributed by atoms with Crippen LogP contribution in [-0.2, 0) is 4.79 Å². The van der Waals surface area contributed by atoms with Gasteiger partial charge in [-0.3, -0.25) is 9.69 Å². The van der Waals surface area contributed by atoms with Crippen LogP contribution in [0.15, 0.2) is 18.6 Å². The summed E-state index contributed by atoms with van der Waals surface area (Å²) in [6.07, 6.45) is 3.60. The van der Waals surface area contributed by atoms with Gasteiger partial charge in [-0.1, -0.05) is 0 Å². The lowest BCUT2D eigenvalue weighted by atomic mass is 10.3. The quantitative estimate of drug-likeness (QED) is 0.760. The number of H-pyrrole nitrogens is 1. The molecule has 3 heterocycles. The Morgan fingerprint density at radius 3 is 3.12 bits per heavy atom. The smallest absolute Gasteiger partial charge is 0.229 e. The third kappa shape index (κ3) is 1.36. The first-order valence-corrected chi connectivity index (χ1v) is 5.42. The number of alkyl halides is 1. The summed E-state index contributed by atoms with van der Waals surface area (Å²) in [5, 5.41) is 0.720. The molecule has 0 aliphatic carbocycles. The molecule has 5 nitrogen and oxygen atoms in total. The van der Waals surface area contributed by atoms with Crippen molar-refractivity contribution in [3.63, 3.8) is 0 Å². The average molecular weight is 237 g/mol. The summed E-state index contributed by atoms with van der Waals surface area (Å²) < 4.78 is 0. The zero-order valence-corrected chi connectivity index (χ0v) is 9.11. The third-order valence-electron chi connectivity index (χ3n) is 2.67. The largest absolute Gasteiger partial charge is 0.346 e. The number of fused-ring (bicyclic) bond motifs is 1. The number of carbonyl (C=O) groups excluding carboxylic acids is 1. The second kappa shape index (κ2) is 3.45. The molecule has 1 aliphatic rings. The van der Waals surface area contributed by atoms with Crippen molar-refractivity contribution in [1.82, 2.24) is 15.0 Å². The first-order valence-electron chi connectivity index (χ1n) is 4.98. The summed E-state index contributed by atoms with van der Waals surface area (Å²) in [6, 6.07) is 1.86. The van der Waals surface area contributed by atoms with E-state index in [4.69, 9.17) is 11.6 Å². The molecule has 1 fully saturated rings. The summed E-state index contributed by atoms with van der Waals surface area (Å²) >= 11 is 5.96. The Kier molecular flexibility index (Phi) is 2.07. The predicted octanol–water partition coefficient (Wildman–Crippen LogP) is 1.30. The van der Waals surface area contributed by atoms with Crippen molar-refractivity contribution >= 4 is 34.4 Å². The second-order valence-electron chi connectivity index (χ2n) is 3.74. The maximum atomic E-state index is 11.7. The molecule has 6 heteroatoms. The van der Waals surface area contributed by atoms with Gasteiger partial charge >= 0.3 is 0 Å². The maximum absolute atomic E-state index is 11.7. The van der Waals surface area contributed by atoms with E-state index in [1.54, 1.807) is 11.1 Å². The van der Waals surface area contributed by atoms with E-state index in [1.165, 1.54) is 6.33 Å². The zero-order chi connectivity index (χ0) is 11.1. The van der Waals surface area contributed by atoms with Crippen molar-refractivity contribution in [3.05, 3.63) is 18.6 Å². The minimum atomic E-state index is -0.128. The molecule has 1 unspecified atom stereocenters. The van der Waals surface area contributed by atoms with Gasteiger partial charge in [0.2, 0.25) is 5.91 Å². The van der Waals surface area contributed by atoms with Crippen LogP contribution in [-0.4, -0.2) is 32.8 Å². The summed E-state index contributed by atoms with van der Waals surface area (Å²) in [5.74, 6) is 0.653. The lowest BCUT2D eigenvalue weighted by molar-refractivity contribution is -0.117. The molecule has 1 atom stereocenters. The van der Waals surface area contributed by atoms with Gasteiger partial charge in [-0.2, -0.15) is 0 Å². The number of halogens is 1. The number of aromatic amines is 1. The highest BCUT2D eigenvalue weighted by molar-refractivity contribution is 6.24. The van der Waals surface area contributed by atoms with E-state index >= 15 is 0 Å². The normalized spacial score (nSPS) is 20.9. The molecule has 2 aromatic heterocycles. The molecule has 16 heavy (non-hydrogen) atoms. The van der Waals surface area contributed by atoms with Gasteiger partial charge in [0, 0.05) is 19.2 Å². The number of amides is 1. The van der Waals surface area contributed by atoms with E-state index in [0.717, 1.165) is 11.0 Å². The van der Waals surface area contributed by atoms with Crippen LogP contribution in [0.2, 0.25) is 0 Å². The Bertz CT molecular complexity index is 552. The van der Waals surface area contributed by atoms with Crippen LogP contribution in [0.3, 0.4) is 0 Å². The van der Waals surface area contributed by atoms with E-state index in [1.807, 2.05) is 6.07 Å².